The molecule has 5 heteroatoms. The van der Waals surface area contributed by atoms with Crippen LogP contribution in [-0.4, -0.2) is 27.6 Å². The van der Waals surface area contributed by atoms with E-state index in [0.29, 0.717) is 12.5 Å². The molecule has 1 aromatic heterocycles. The van der Waals surface area contributed by atoms with Crippen LogP contribution in [0.15, 0.2) is 30.3 Å². The molecule has 0 bridgehead atoms. The standard InChI is InChI=1S/C15H20N4O/c1-3-13-17-14(19-18-13)15(20)16-10-9-11(2)12-7-5-4-6-8-12/h4-8,11H,3,9-10H2,1-2H3,(H,16,20)(H,17,18,19). The smallest absolute Gasteiger partial charge is 0.290 e. The molecule has 2 N–H and O–H groups in total. The van der Waals surface area contributed by atoms with Gasteiger partial charge >= 0.3 is 0 Å². The summed E-state index contributed by atoms with van der Waals surface area (Å²) in [6.07, 6.45) is 1.63. The summed E-state index contributed by atoms with van der Waals surface area (Å²) in [5.41, 5.74) is 1.29. The van der Waals surface area contributed by atoms with E-state index in [4.69, 9.17) is 0 Å². The van der Waals surface area contributed by atoms with Crippen molar-refractivity contribution in [3.8, 4) is 0 Å². The summed E-state index contributed by atoms with van der Waals surface area (Å²) in [7, 11) is 0. The van der Waals surface area contributed by atoms with Crippen LogP contribution in [0.1, 0.15) is 48.2 Å². The Morgan fingerprint density at radius 1 is 1.35 bits per heavy atom. The summed E-state index contributed by atoms with van der Waals surface area (Å²) < 4.78 is 0. The van der Waals surface area contributed by atoms with Crippen LogP contribution in [0, 0.1) is 0 Å². The molecule has 0 saturated carbocycles. The van der Waals surface area contributed by atoms with E-state index < -0.39 is 0 Å². The number of carbonyl (C=O) groups excluding carboxylic acids is 1. The molecule has 0 aliphatic carbocycles. The van der Waals surface area contributed by atoms with Crippen LogP contribution in [0.3, 0.4) is 0 Å². The van der Waals surface area contributed by atoms with E-state index in [0.717, 1.165) is 18.7 Å². The van der Waals surface area contributed by atoms with E-state index in [1.807, 2.05) is 25.1 Å². The fourth-order valence-electron chi connectivity index (χ4n) is 1.98. The number of hydrogen-bond acceptors (Lipinski definition) is 3. The first kappa shape index (κ1) is 14.2. The second-order valence-electron chi connectivity index (χ2n) is 4.82. The predicted molar refractivity (Wildman–Crippen MR) is 77.6 cm³/mol. The maximum Gasteiger partial charge on any atom is 0.290 e. The lowest BCUT2D eigenvalue weighted by Gasteiger charge is -2.11. The molecule has 5 nitrogen and oxygen atoms in total. The highest BCUT2D eigenvalue weighted by molar-refractivity contribution is 5.90. The number of benzene rings is 1. The highest BCUT2D eigenvalue weighted by atomic mass is 16.2. The van der Waals surface area contributed by atoms with Gasteiger partial charge in [0, 0.05) is 13.0 Å². The molecule has 0 saturated heterocycles. The van der Waals surface area contributed by atoms with Crippen molar-refractivity contribution >= 4 is 5.91 Å². The molecule has 1 aromatic carbocycles. The van der Waals surface area contributed by atoms with Crippen molar-refractivity contribution in [1.29, 1.82) is 0 Å². The third-order valence-corrected chi connectivity index (χ3v) is 3.30. The highest BCUT2D eigenvalue weighted by Crippen LogP contribution is 2.17. The van der Waals surface area contributed by atoms with Crippen LogP contribution >= 0.6 is 0 Å². The van der Waals surface area contributed by atoms with Crippen molar-refractivity contribution in [3.63, 3.8) is 0 Å². The number of nitrogens with one attached hydrogen (secondary N) is 2. The summed E-state index contributed by atoms with van der Waals surface area (Å²) >= 11 is 0. The van der Waals surface area contributed by atoms with Gasteiger partial charge in [0.05, 0.1) is 0 Å². The summed E-state index contributed by atoms with van der Waals surface area (Å²) in [5, 5.41) is 9.49. The Balaban J connectivity index is 1.79. The van der Waals surface area contributed by atoms with Gasteiger partial charge in [-0.3, -0.25) is 9.89 Å². The minimum atomic E-state index is -0.221. The van der Waals surface area contributed by atoms with Crippen molar-refractivity contribution in [2.75, 3.05) is 6.54 Å². The topological polar surface area (TPSA) is 70.7 Å². The molecule has 106 valence electrons. The van der Waals surface area contributed by atoms with E-state index in [9.17, 15) is 4.79 Å². The summed E-state index contributed by atoms with van der Waals surface area (Å²) in [5.74, 6) is 1.14. The number of rotatable bonds is 6. The largest absolute Gasteiger partial charge is 0.349 e. The number of aromatic nitrogens is 3. The number of nitrogens with zero attached hydrogens (tertiary/aromatic N) is 2. The number of H-pyrrole nitrogens is 1. The zero-order valence-corrected chi connectivity index (χ0v) is 11.9. The van der Waals surface area contributed by atoms with E-state index in [1.54, 1.807) is 0 Å². The van der Waals surface area contributed by atoms with Crippen LogP contribution in [-0.2, 0) is 6.42 Å². The molecule has 0 spiro atoms. The summed E-state index contributed by atoms with van der Waals surface area (Å²) in [4.78, 5) is 15.9. The summed E-state index contributed by atoms with van der Waals surface area (Å²) in [6, 6.07) is 10.3. The lowest BCUT2D eigenvalue weighted by Crippen LogP contribution is -2.26. The van der Waals surface area contributed by atoms with Gasteiger partial charge in [0.2, 0.25) is 5.82 Å². The van der Waals surface area contributed by atoms with Gasteiger partial charge in [0.15, 0.2) is 0 Å². The molecule has 2 aromatic rings. The first-order valence-electron chi connectivity index (χ1n) is 6.95. The van der Waals surface area contributed by atoms with Crippen molar-refractivity contribution < 1.29 is 4.79 Å². The molecule has 2 rings (SSSR count). The van der Waals surface area contributed by atoms with Crippen molar-refractivity contribution in [2.24, 2.45) is 0 Å². The van der Waals surface area contributed by atoms with Gasteiger partial charge in [-0.2, -0.15) is 0 Å². The number of aryl methyl sites for hydroxylation is 1. The Morgan fingerprint density at radius 3 is 2.75 bits per heavy atom. The molecule has 0 aliphatic heterocycles. The minimum Gasteiger partial charge on any atom is -0.349 e. The maximum absolute atomic E-state index is 11.8. The molecule has 1 amide bonds. The van der Waals surface area contributed by atoms with E-state index >= 15 is 0 Å². The molecule has 0 radical (unpaired) electrons. The average Bonchev–Trinajstić information content (AvgIpc) is 2.97. The Hall–Kier alpha value is -2.17. The molecule has 0 aliphatic rings. The zero-order chi connectivity index (χ0) is 14.4. The van der Waals surface area contributed by atoms with Gasteiger partial charge in [-0.1, -0.05) is 44.2 Å². The Morgan fingerprint density at radius 2 is 2.10 bits per heavy atom. The van der Waals surface area contributed by atoms with Crippen LogP contribution < -0.4 is 5.32 Å². The zero-order valence-electron chi connectivity index (χ0n) is 11.9. The Bertz CT molecular complexity index is 550. The first-order chi connectivity index (χ1) is 9.70. The van der Waals surface area contributed by atoms with E-state index in [1.165, 1.54) is 5.56 Å². The number of carbonyl (C=O) groups is 1. The lowest BCUT2D eigenvalue weighted by molar-refractivity contribution is 0.0942. The normalized spacial score (nSPS) is 12.1. The fourth-order valence-corrected chi connectivity index (χ4v) is 1.98. The molecule has 20 heavy (non-hydrogen) atoms. The Labute approximate surface area is 118 Å². The van der Waals surface area contributed by atoms with Crippen molar-refractivity contribution in [1.82, 2.24) is 20.5 Å². The average molecular weight is 272 g/mol. The highest BCUT2D eigenvalue weighted by Gasteiger charge is 2.12. The van der Waals surface area contributed by atoms with Crippen LogP contribution in [0.5, 0.6) is 0 Å². The van der Waals surface area contributed by atoms with Crippen LogP contribution in [0.2, 0.25) is 0 Å². The van der Waals surface area contributed by atoms with Gasteiger partial charge < -0.3 is 5.32 Å². The monoisotopic (exact) mass is 272 g/mol. The molecular weight excluding hydrogens is 252 g/mol. The molecule has 0 fully saturated rings. The quantitative estimate of drug-likeness (QED) is 0.847. The maximum atomic E-state index is 11.8. The van der Waals surface area contributed by atoms with Gasteiger partial charge in [-0.05, 0) is 17.9 Å². The molecule has 1 heterocycles. The number of amides is 1. The van der Waals surface area contributed by atoms with Crippen LogP contribution in [0.4, 0.5) is 0 Å². The second-order valence-corrected chi connectivity index (χ2v) is 4.82. The Kier molecular flexibility index (Phi) is 4.87. The van der Waals surface area contributed by atoms with Crippen molar-refractivity contribution in [3.05, 3.63) is 47.5 Å². The number of aromatic amines is 1. The van der Waals surface area contributed by atoms with Crippen LogP contribution in [0.25, 0.3) is 0 Å². The molecule has 1 atom stereocenters. The fraction of sp³-hybridized carbons (Fsp3) is 0.400. The van der Waals surface area contributed by atoms with E-state index in [-0.39, 0.29) is 11.7 Å². The molecule has 1 unspecified atom stereocenters. The van der Waals surface area contributed by atoms with Gasteiger partial charge in [-0.15, -0.1) is 5.10 Å². The second kappa shape index (κ2) is 6.84. The van der Waals surface area contributed by atoms with Gasteiger partial charge in [0.1, 0.15) is 5.82 Å². The number of hydrogen-bond donors (Lipinski definition) is 2. The third kappa shape index (κ3) is 3.66. The summed E-state index contributed by atoms with van der Waals surface area (Å²) in [6.45, 7) is 4.73. The lowest BCUT2D eigenvalue weighted by atomic mass is 9.98. The molecular formula is C15H20N4O. The SMILES string of the molecule is CCc1nc(C(=O)NCCC(C)c2ccccc2)n[nH]1. The van der Waals surface area contributed by atoms with Gasteiger partial charge in [0.25, 0.3) is 5.91 Å². The van der Waals surface area contributed by atoms with E-state index in [2.05, 4.69) is 39.6 Å². The van der Waals surface area contributed by atoms with Gasteiger partial charge in [-0.25, -0.2) is 4.98 Å². The first-order valence-corrected chi connectivity index (χ1v) is 6.95. The minimum absolute atomic E-state index is 0.217. The van der Waals surface area contributed by atoms with Crippen molar-refractivity contribution in [2.45, 2.75) is 32.6 Å². The predicted octanol–water partition coefficient (Wildman–Crippen LogP) is 2.29. The third-order valence-electron chi connectivity index (χ3n) is 3.30.